The fourth-order valence-electron chi connectivity index (χ4n) is 0.981. The molecule has 76 valence electrons. The van der Waals surface area contributed by atoms with Crippen LogP contribution in [0.25, 0.3) is 0 Å². The first-order valence-electron chi connectivity index (χ1n) is 4.28. The Morgan fingerprint density at radius 1 is 1.27 bits per heavy atom. The molecule has 0 bridgehead atoms. The summed E-state index contributed by atoms with van der Waals surface area (Å²) in [6, 6.07) is 9.77. The summed E-state index contributed by atoms with van der Waals surface area (Å²) in [5, 5.41) is 12.4. The van der Waals surface area contributed by atoms with Crippen molar-refractivity contribution in [2.75, 3.05) is 11.2 Å². The Balaban J connectivity index is 1.96. The van der Waals surface area contributed by atoms with Crippen molar-refractivity contribution >= 4 is 27.8 Å². The zero-order valence-electron chi connectivity index (χ0n) is 7.79. The third-order valence-electron chi connectivity index (χ3n) is 1.61. The normalized spacial score (nSPS) is 10.7. The van der Waals surface area contributed by atoms with E-state index in [0.717, 1.165) is 5.56 Å². The molecule has 0 saturated heterocycles. The van der Waals surface area contributed by atoms with Crippen molar-refractivity contribution in [3.05, 3.63) is 35.9 Å². The Kier molecular flexibility index (Phi) is 2.89. The largest absolute Gasteiger partial charge is 0.374 e. The number of hydrogen-bond donors (Lipinski definition) is 2. The van der Waals surface area contributed by atoms with Gasteiger partial charge in [-0.1, -0.05) is 41.7 Å². The Hall–Kier alpha value is -1.95. The van der Waals surface area contributed by atoms with E-state index in [1.54, 1.807) is 6.21 Å². The fourth-order valence-corrected chi connectivity index (χ4v) is 1.44. The van der Waals surface area contributed by atoms with E-state index in [1.807, 2.05) is 30.3 Å². The van der Waals surface area contributed by atoms with Gasteiger partial charge < -0.3 is 5.73 Å². The van der Waals surface area contributed by atoms with Crippen LogP contribution in [-0.4, -0.2) is 16.4 Å². The molecular formula is C9H9N5S. The lowest BCUT2D eigenvalue weighted by molar-refractivity contribution is 1.08. The number of nitrogens with two attached hydrogens (primary N) is 1. The van der Waals surface area contributed by atoms with Crippen LogP contribution in [0.3, 0.4) is 0 Å². The number of benzene rings is 1. The molecule has 1 aromatic heterocycles. The van der Waals surface area contributed by atoms with Crippen molar-refractivity contribution in [2.45, 2.75) is 0 Å². The van der Waals surface area contributed by atoms with Crippen molar-refractivity contribution < 1.29 is 0 Å². The lowest BCUT2D eigenvalue weighted by Crippen LogP contribution is -1.89. The highest BCUT2D eigenvalue weighted by Gasteiger charge is 1.96. The van der Waals surface area contributed by atoms with Crippen molar-refractivity contribution in [1.82, 2.24) is 10.2 Å². The Morgan fingerprint density at radius 3 is 2.73 bits per heavy atom. The molecule has 5 nitrogen and oxygen atoms in total. The summed E-state index contributed by atoms with van der Waals surface area (Å²) in [5.41, 5.74) is 9.18. The van der Waals surface area contributed by atoms with Crippen molar-refractivity contribution in [3.63, 3.8) is 0 Å². The van der Waals surface area contributed by atoms with E-state index >= 15 is 0 Å². The molecule has 2 rings (SSSR count). The van der Waals surface area contributed by atoms with Gasteiger partial charge in [-0.3, -0.25) is 5.43 Å². The second-order valence-corrected chi connectivity index (χ2v) is 3.74. The molecule has 6 heteroatoms. The average molecular weight is 219 g/mol. The second kappa shape index (κ2) is 4.52. The molecule has 0 radical (unpaired) electrons. The third-order valence-corrected chi connectivity index (χ3v) is 2.27. The summed E-state index contributed by atoms with van der Waals surface area (Å²) in [4.78, 5) is 0. The number of nitrogen functional groups attached to an aromatic ring is 1. The SMILES string of the molecule is Nc1nnc(N/N=C/c2ccccc2)s1. The van der Waals surface area contributed by atoms with E-state index in [-0.39, 0.29) is 0 Å². The summed E-state index contributed by atoms with van der Waals surface area (Å²) in [6.45, 7) is 0. The van der Waals surface area contributed by atoms with Gasteiger partial charge in [0, 0.05) is 0 Å². The van der Waals surface area contributed by atoms with Crippen LogP contribution in [0, 0.1) is 0 Å². The summed E-state index contributed by atoms with van der Waals surface area (Å²) < 4.78 is 0. The molecule has 2 aromatic rings. The van der Waals surface area contributed by atoms with Crippen LogP contribution in [-0.2, 0) is 0 Å². The van der Waals surface area contributed by atoms with E-state index in [2.05, 4.69) is 20.7 Å². The van der Waals surface area contributed by atoms with Gasteiger partial charge in [0.1, 0.15) is 0 Å². The van der Waals surface area contributed by atoms with Crippen LogP contribution in [0.4, 0.5) is 10.3 Å². The lowest BCUT2D eigenvalue weighted by atomic mass is 10.2. The minimum Gasteiger partial charge on any atom is -0.374 e. The molecule has 0 aliphatic rings. The van der Waals surface area contributed by atoms with Gasteiger partial charge in [-0.05, 0) is 5.56 Å². The lowest BCUT2D eigenvalue weighted by Gasteiger charge is -1.92. The molecule has 0 aliphatic carbocycles. The molecule has 0 unspecified atom stereocenters. The van der Waals surface area contributed by atoms with Gasteiger partial charge in [0.25, 0.3) is 0 Å². The summed E-state index contributed by atoms with van der Waals surface area (Å²) in [6.07, 6.45) is 1.71. The van der Waals surface area contributed by atoms with Gasteiger partial charge in [0.15, 0.2) is 0 Å². The number of hydrogen-bond acceptors (Lipinski definition) is 6. The Labute approximate surface area is 90.7 Å². The van der Waals surface area contributed by atoms with Crippen LogP contribution >= 0.6 is 11.3 Å². The van der Waals surface area contributed by atoms with Crippen LogP contribution in [0.15, 0.2) is 35.4 Å². The van der Waals surface area contributed by atoms with Crippen LogP contribution < -0.4 is 11.2 Å². The molecule has 0 atom stereocenters. The zero-order chi connectivity index (χ0) is 10.5. The zero-order valence-corrected chi connectivity index (χ0v) is 8.61. The maximum absolute atomic E-state index is 5.41. The molecule has 1 aromatic carbocycles. The predicted molar refractivity (Wildman–Crippen MR) is 62.0 cm³/mol. The predicted octanol–water partition coefficient (Wildman–Crippen LogP) is 1.57. The molecule has 0 saturated carbocycles. The Bertz CT molecular complexity index is 451. The first kappa shape index (κ1) is 9.60. The van der Waals surface area contributed by atoms with E-state index in [4.69, 9.17) is 5.73 Å². The first-order chi connectivity index (χ1) is 7.34. The molecule has 0 fully saturated rings. The minimum absolute atomic E-state index is 0.424. The van der Waals surface area contributed by atoms with Gasteiger partial charge in [-0.2, -0.15) is 5.10 Å². The highest BCUT2D eigenvalue weighted by Crippen LogP contribution is 2.15. The second-order valence-electron chi connectivity index (χ2n) is 2.73. The standard InChI is InChI=1S/C9H9N5S/c10-8-12-14-9(15-8)13-11-6-7-4-2-1-3-5-7/h1-6H,(H2,10,12)(H,13,14)/b11-6+. The summed E-state index contributed by atoms with van der Waals surface area (Å²) in [7, 11) is 0. The molecular weight excluding hydrogens is 210 g/mol. The quantitative estimate of drug-likeness (QED) is 0.606. The topological polar surface area (TPSA) is 76.2 Å². The van der Waals surface area contributed by atoms with Gasteiger partial charge in [-0.15, -0.1) is 10.2 Å². The van der Waals surface area contributed by atoms with Crippen LogP contribution in [0.5, 0.6) is 0 Å². The molecule has 1 heterocycles. The van der Waals surface area contributed by atoms with Crippen LogP contribution in [0.2, 0.25) is 0 Å². The monoisotopic (exact) mass is 219 g/mol. The number of aromatic nitrogens is 2. The average Bonchev–Trinajstić information content (AvgIpc) is 2.66. The van der Waals surface area contributed by atoms with E-state index in [9.17, 15) is 0 Å². The molecule has 0 spiro atoms. The van der Waals surface area contributed by atoms with E-state index in [0.29, 0.717) is 10.3 Å². The molecule has 3 N–H and O–H groups in total. The van der Waals surface area contributed by atoms with Gasteiger partial charge in [0.2, 0.25) is 10.3 Å². The fraction of sp³-hybridized carbons (Fsp3) is 0. The van der Waals surface area contributed by atoms with Crippen LogP contribution in [0.1, 0.15) is 5.56 Å². The van der Waals surface area contributed by atoms with Gasteiger partial charge >= 0.3 is 0 Å². The number of nitrogens with one attached hydrogen (secondary N) is 1. The first-order valence-corrected chi connectivity index (χ1v) is 5.09. The van der Waals surface area contributed by atoms with Gasteiger partial charge in [-0.25, -0.2) is 0 Å². The number of nitrogens with zero attached hydrogens (tertiary/aromatic N) is 3. The Morgan fingerprint density at radius 2 is 2.07 bits per heavy atom. The van der Waals surface area contributed by atoms with Crippen molar-refractivity contribution in [3.8, 4) is 0 Å². The highest BCUT2D eigenvalue weighted by molar-refractivity contribution is 7.18. The maximum atomic E-state index is 5.41. The number of anilines is 2. The minimum atomic E-state index is 0.424. The van der Waals surface area contributed by atoms with Crippen molar-refractivity contribution in [2.24, 2.45) is 5.10 Å². The number of hydrazone groups is 1. The smallest absolute Gasteiger partial charge is 0.227 e. The molecule has 15 heavy (non-hydrogen) atoms. The van der Waals surface area contributed by atoms with Crippen molar-refractivity contribution in [1.29, 1.82) is 0 Å². The summed E-state index contributed by atoms with van der Waals surface area (Å²) in [5.74, 6) is 0. The summed E-state index contributed by atoms with van der Waals surface area (Å²) >= 11 is 1.25. The molecule has 0 amide bonds. The maximum Gasteiger partial charge on any atom is 0.227 e. The van der Waals surface area contributed by atoms with E-state index in [1.165, 1.54) is 11.3 Å². The van der Waals surface area contributed by atoms with E-state index < -0.39 is 0 Å². The van der Waals surface area contributed by atoms with Gasteiger partial charge in [0.05, 0.1) is 6.21 Å². The highest BCUT2D eigenvalue weighted by atomic mass is 32.1. The number of rotatable bonds is 3. The third kappa shape index (κ3) is 2.75. The molecule has 0 aliphatic heterocycles.